The monoisotopic (exact) mass is 276 g/mol. The number of benzene rings is 1. The molecule has 5 nitrogen and oxygen atoms in total. The third-order valence-electron chi connectivity index (χ3n) is 3.09. The van der Waals surface area contributed by atoms with E-state index in [4.69, 9.17) is 11.6 Å². The van der Waals surface area contributed by atoms with Crippen molar-refractivity contribution >= 4 is 23.2 Å². The number of carbonyl (C=O) groups excluding carboxylic acids is 1. The first-order valence-corrected chi connectivity index (χ1v) is 6.44. The number of para-hydroxylation sites is 1. The quantitative estimate of drug-likeness (QED) is 0.881. The van der Waals surface area contributed by atoms with Crippen LogP contribution in [0, 0.1) is 0 Å². The molecule has 3 rings (SSSR count). The average molecular weight is 277 g/mol. The van der Waals surface area contributed by atoms with Gasteiger partial charge in [-0.2, -0.15) is 0 Å². The van der Waals surface area contributed by atoms with Crippen molar-refractivity contribution in [1.29, 1.82) is 0 Å². The number of halogens is 1. The summed E-state index contributed by atoms with van der Waals surface area (Å²) < 4.78 is 1.93. The molecule has 1 aromatic carbocycles. The predicted molar refractivity (Wildman–Crippen MR) is 73.3 cm³/mol. The largest absolute Gasteiger partial charge is 0.322 e. The van der Waals surface area contributed by atoms with Gasteiger partial charge >= 0.3 is 0 Å². The molecule has 0 atom stereocenters. The highest BCUT2D eigenvalue weighted by Crippen LogP contribution is 2.21. The van der Waals surface area contributed by atoms with Gasteiger partial charge in [0.15, 0.2) is 0 Å². The Hall–Kier alpha value is -1.85. The number of hydrogen-bond donors (Lipinski definition) is 2. The highest BCUT2D eigenvalue weighted by Gasteiger charge is 2.19. The second-order valence-corrected chi connectivity index (χ2v) is 4.73. The molecule has 1 aliphatic rings. The number of carbonyl (C=O) groups is 1. The van der Waals surface area contributed by atoms with Gasteiger partial charge in [-0.25, -0.2) is 4.98 Å². The van der Waals surface area contributed by atoms with E-state index >= 15 is 0 Å². The van der Waals surface area contributed by atoms with Crippen LogP contribution in [0.2, 0.25) is 5.02 Å². The van der Waals surface area contributed by atoms with E-state index in [1.54, 1.807) is 18.3 Å². The second-order valence-electron chi connectivity index (χ2n) is 4.32. The van der Waals surface area contributed by atoms with Gasteiger partial charge in [0.2, 0.25) is 0 Å². The smallest absolute Gasteiger partial charge is 0.273 e. The van der Waals surface area contributed by atoms with E-state index < -0.39 is 0 Å². The van der Waals surface area contributed by atoms with Crippen LogP contribution < -0.4 is 10.6 Å². The number of imidazole rings is 1. The minimum Gasteiger partial charge on any atom is -0.322 e. The van der Waals surface area contributed by atoms with Crippen LogP contribution in [-0.2, 0) is 13.1 Å². The Bertz CT molecular complexity index is 623. The molecule has 0 unspecified atom stereocenters. The van der Waals surface area contributed by atoms with Crippen molar-refractivity contribution in [2.24, 2.45) is 0 Å². The number of rotatable bonds is 2. The van der Waals surface area contributed by atoms with Gasteiger partial charge in [0.05, 0.1) is 23.5 Å². The van der Waals surface area contributed by atoms with Crippen molar-refractivity contribution in [2.45, 2.75) is 13.1 Å². The minimum absolute atomic E-state index is 0.186. The Morgan fingerprint density at radius 3 is 3.11 bits per heavy atom. The molecule has 19 heavy (non-hydrogen) atoms. The summed E-state index contributed by atoms with van der Waals surface area (Å²) in [6, 6.07) is 7.17. The number of nitrogens with one attached hydrogen (secondary N) is 2. The third-order valence-corrected chi connectivity index (χ3v) is 3.42. The molecule has 2 heterocycles. The fraction of sp³-hybridized carbons (Fsp3) is 0.231. The molecule has 0 saturated heterocycles. The van der Waals surface area contributed by atoms with E-state index in [2.05, 4.69) is 15.6 Å². The van der Waals surface area contributed by atoms with Crippen molar-refractivity contribution in [2.75, 3.05) is 11.9 Å². The molecule has 0 spiro atoms. The van der Waals surface area contributed by atoms with Gasteiger partial charge in [-0.1, -0.05) is 23.7 Å². The van der Waals surface area contributed by atoms with Crippen LogP contribution in [0.1, 0.15) is 16.3 Å². The highest BCUT2D eigenvalue weighted by atomic mass is 35.5. The lowest BCUT2D eigenvalue weighted by atomic mass is 10.3. The van der Waals surface area contributed by atoms with Gasteiger partial charge < -0.3 is 15.2 Å². The number of anilines is 1. The third kappa shape index (κ3) is 2.34. The molecular formula is C13H13ClN4O. The zero-order valence-corrected chi connectivity index (χ0v) is 10.9. The normalized spacial score (nSPS) is 13.9. The Morgan fingerprint density at radius 2 is 2.26 bits per heavy atom. The Morgan fingerprint density at radius 1 is 1.42 bits per heavy atom. The molecule has 1 amide bonds. The summed E-state index contributed by atoms with van der Waals surface area (Å²) in [4.78, 5) is 16.5. The molecule has 0 fully saturated rings. The first kappa shape index (κ1) is 12.2. The maximum Gasteiger partial charge on any atom is 0.273 e. The summed E-state index contributed by atoms with van der Waals surface area (Å²) >= 11 is 6.03. The van der Waals surface area contributed by atoms with Crippen LogP contribution in [0.15, 0.2) is 30.5 Å². The number of nitrogens with zero attached hydrogens (tertiary/aromatic N) is 2. The molecule has 1 aromatic heterocycles. The molecule has 1 aliphatic heterocycles. The van der Waals surface area contributed by atoms with Crippen molar-refractivity contribution in [3.05, 3.63) is 47.0 Å². The van der Waals surface area contributed by atoms with E-state index in [0.29, 0.717) is 22.9 Å². The standard InChI is InChI=1S/C13H13ClN4O/c14-9-3-1-2-4-10(9)17-13(19)11-7-16-12-8-15-5-6-18(11)12/h1-4,7,15H,5-6,8H2,(H,17,19). The van der Waals surface area contributed by atoms with Crippen LogP contribution in [0.3, 0.4) is 0 Å². The van der Waals surface area contributed by atoms with Gasteiger partial charge in [0.1, 0.15) is 11.5 Å². The summed E-state index contributed by atoms with van der Waals surface area (Å²) in [7, 11) is 0. The zero-order valence-electron chi connectivity index (χ0n) is 10.2. The van der Waals surface area contributed by atoms with Crippen LogP contribution in [-0.4, -0.2) is 22.0 Å². The lowest BCUT2D eigenvalue weighted by Crippen LogP contribution is -2.30. The van der Waals surface area contributed by atoms with Crippen LogP contribution in [0.5, 0.6) is 0 Å². The fourth-order valence-corrected chi connectivity index (χ4v) is 2.31. The van der Waals surface area contributed by atoms with E-state index in [1.165, 1.54) is 0 Å². The van der Waals surface area contributed by atoms with Crippen LogP contribution in [0.4, 0.5) is 5.69 Å². The van der Waals surface area contributed by atoms with Gasteiger partial charge in [-0.15, -0.1) is 0 Å². The van der Waals surface area contributed by atoms with Crippen molar-refractivity contribution in [3.8, 4) is 0 Å². The fourth-order valence-electron chi connectivity index (χ4n) is 2.13. The van der Waals surface area contributed by atoms with E-state index in [0.717, 1.165) is 18.9 Å². The van der Waals surface area contributed by atoms with Gasteiger partial charge in [-0.05, 0) is 12.1 Å². The molecule has 0 bridgehead atoms. The minimum atomic E-state index is -0.186. The van der Waals surface area contributed by atoms with Gasteiger partial charge in [0, 0.05) is 13.1 Å². The van der Waals surface area contributed by atoms with Crippen molar-refractivity contribution in [1.82, 2.24) is 14.9 Å². The molecule has 98 valence electrons. The molecular weight excluding hydrogens is 264 g/mol. The average Bonchev–Trinajstić information content (AvgIpc) is 2.85. The maximum atomic E-state index is 12.2. The number of fused-ring (bicyclic) bond motifs is 1. The Balaban J connectivity index is 1.85. The molecule has 6 heteroatoms. The topological polar surface area (TPSA) is 59.0 Å². The van der Waals surface area contributed by atoms with Crippen LogP contribution in [0.25, 0.3) is 0 Å². The SMILES string of the molecule is O=C(Nc1ccccc1Cl)c1cnc2n1CCNC2. The first-order chi connectivity index (χ1) is 9.25. The van der Waals surface area contributed by atoms with E-state index in [9.17, 15) is 4.79 Å². The van der Waals surface area contributed by atoms with E-state index in [-0.39, 0.29) is 5.91 Å². The summed E-state index contributed by atoms with van der Waals surface area (Å²) in [6.07, 6.45) is 1.61. The number of aromatic nitrogens is 2. The molecule has 2 aromatic rings. The number of hydrogen-bond acceptors (Lipinski definition) is 3. The summed E-state index contributed by atoms with van der Waals surface area (Å²) in [5, 5.41) is 6.55. The van der Waals surface area contributed by atoms with Gasteiger partial charge in [0.25, 0.3) is 5.91 Å². The summed E-state index contributed by atoms with van der Waals surface area (Å²) in [5.74, 6) is 0.698. The lowest BCUT2D eigenvalue weighted by Gasteiger charge is -2.17. The summed E-state index contributed by atoms with van der Waals surface area (Å²) in [6.45, 7) is 2.29. The van der Waals surface area contributed by atoms with Gasteiger partial charge in [-0.3, -0.25) is 4.79 Å². The molecule has 0 saturated carbocycles. The molecule has 0 aliphatic carbocycles. The predicted octanol–water partition coefficient (Wildman–Crippen LogP) is 1.89. The van der Waals surface area contributed by atoms with E-state index in [1.807, 2.05) is 16.7 Å². The number of amides is 1. The van der Waals surface area contributed by atoms with Crippen molar-refractivity contribution < 1.29 is 4.79 Å². The Labute approximate surface area is 115 Å². The second kappa shape index (κ2) is 5.03. The van der Waals surface area contributed by atoms with Crippen LogP contribution >= 0.6 is 11.6 Å². The zero-order chi connectivity index (χ0) is 13.2. The highest BCUT2D eigenvalue weighted by molar-refractivity contribution is 6.33. The van der Waals surface area contributed by atoms with Crippen molar-refractivity contribution in [3.63, 3.8) is 0 Å². The summed E-state index contributed by atoms with van der Waals surface area (Å²) in [5.41, 5.74) is 1.18. The molecule has 2 N–H and O–H groups in total. The Kier molecular flexibility index (Phi) is 3.23. The lowest BCUT2D eigenvalue weighted by molar-refractivity contribution is 0.101. The first-order valence-electron chi connectivity index (χ1n) is 6.07. The maximum absolute atomic E-state index is 12.2. The molecule has 0 radical (unpaired) electrons.